The Hall–Kier alpha value is -3.40. The Balaban J connectivity index is 1.72. The lowest BCUT2D eigenvalue weighted by molar-refractivity contribution is 0.101. The van der Waals surface area contributed by atoms with Crippen molar-refractivity contribution in [2.24, 2.45) is 0 Å². The van der Waals surface area contributed by atoms with Crippen molar-refractivity contribution in [3.05, 3.63) is 95.1 Å². The molecule has 3 rings (SSSR count). The van der Waals surface area contributed by atoms with Gasteiger partial charge in [0.15, 0.2) is 0 Å². The average Bonchev–Trinajstić information content (AvgIpc) is 2.65. The zero-order chi connectivity index (χ0) is 18.5. The highest BCUT2D eigenvalue weighted by Gasteiger charge is 2.11. The number of hydrogen-bond donors (Lipinski definition) is 2. The highest BCUT2D eigenvalue weighted by Crippen LogP contribution is 2.21. The van der Waals surface area contributed by atoms with Gasteiger partial charge in [-0.15, -0.1) is 0 Å². The fourth-order valence-electron chi connectivity index (χ4n) is 2.69. The Morgan fingerprint density at radius 1 is 0.692 bits per heavy atom. The third kappa shape index (κ3) is 3.98. The number of carbonyl (C=O) groups is 2. The molecule has 130 valence electrons. The molecule has 0 bridgehead atoms. The molecule has 0 aliphatic rings. The van der Waals surface area contributed by atoms with Gasteiger partial charge in [-0.25, -0.2) is 0 Å². The first-order chi connectivity index (χ1) is 12.5. The van der Waals surface area contributed by atoms with Gasteiger partial charge in [0.05, 0.1) is 0 Å². The highest BCUT2D eigenvalue weighted by molar-refractivity contribution is 6.06. The second-order valence-corrected chi connectivity index (χ2v) is 6.12. The first kappa shape index (κ1) is 17.4. The van der Waals surface area contributed by atoms with E-state index in [1.165, 1.54) is 0 Å². The van der Waals surface area contributed by atoms with Crippen molar-refractivity contribution in [2.75, 3.05) is 10.6 Å². The summed E-state index contributed by atoms with van der Waals surface area (Å²) in [6.07, 6.45) is 0. The van der Waals surface area contributed by atoms with Gasteiger partial charge in [0.2, 0.25) is 0 Å². The van der Waals surface area contributed by atoms with E-state index in [0.29, 0.717) is 22.5 Å². The lowest BCUT2D eigenvalue weighted by Crippen LogP contribution is -2.14. The normalized spacial score (nSPS) is 10.2. The van der Waals surface area contributed by atoms with Crippen molar-refractivity contribution in [1.82, 2.24) is 0 Å². The maximum Gasteiger partial charge on any atom is 0.255 e. The molecule has 0 aliphatic heterocycles. The molecule has 0 spiro atoms. The number of nitrogens with one attached hydrogen (secondary N) is 2. The van der Waals surface area contributed by atoms with E-state index in [1.807, 2.05) is 56.3 Å². The third-order valence-electron chi connectivity index (χ3n) is 4.16. The maximum atomic E-state index is 12.4. The minimum Gasteiger partial charge on any atom is -0.322 e. The van der Waals surface area contributed by atoms with Crippen LogP contribution in [-0.4, -0.2) is 11.8 Å². The summed E-state index contributed by atoms with van der Waals surface area (Å²) >= 11 is 0. The van der Waals surface area contributed by atoms with Gasteiger partial charge in [-0.3, -0.25) is 9.59 Å². The van der Waals surface area contributed by atoms with Gasteiger partial charge in [-0.1, -0.05) is 36.4 Å². The quantitative estimate of drug-likeness (QED) is 0.714. The van der Waals surface area contributed by atoms with E-state index in [9.17, 15) is 9.59 Å². The van der Waals surface area contributed by atoms with Crippen molar-refractivity contribution in [1.29, 1.82) is 0 Å². The molecule has 2 N–H and O–H groups in total. The molecule has 4 heteroatoms. The summed E-state index contributed by atoms with van der Waals surface area (Å²) in [5.41, 5.74) is 4.45. The first-order valence-corrected chi connectivity index (χ1v) is 8.38. The Kier molecular flexibility index (Phi) is 5.13. The van der Waals surface area contributed by atoms with Crippen LogP contribution in [0.1, 0.15) is 31.8 Å². The molecule has 0 aliphatic carbocycles. The monoisotopic (exact) mass is 344 g/mol. The number of hydrogen-bond acceptors (Lipinski definition) is 2. The molecule has 3 aromatic rings. The van der Waals surface area contributed by atoms with Crippen LogP contribution in [0.5, 0.6) is 0 Å². The Bertz CT molecular complexity index is 949. The summed E-state index contributed by atoms with van der Waals surface area (Å²) in [6.45, 7) is 3.80. The summed E-state index contributed by atoms with van der Waals surface area (Å²) in [7, 11) is 0. The fourth-order valence-corrected chi connectivity index (χ4v) is 2.69. The van der Waals surface area contributed by atoms with Crippen LogP contribution in [0.4, 0.5) is 11.4 Å². The number of benzene rings is 3. The molecule has 0 fully saturated rings. The van der Waals surface area contributed by atoms with Crippen molar-refractivity contribution in [3.63, 3.8) is 0 Å². The van der Waals surface area contributed by atoms with Gasteiger partial charge in [0.25, 0.3) is 11.8 Å². The first-order valence-electron chi connectivity index (χ1n) is 8.38. The molecule has 4 nitrogen and oxygen atoms in total. The number of amides is 2. The van der Waals surface area contributed by atoms with Crippen LogP contribution in [-0.2, 0) is 0 Å². The molecular weight excluding hydrogens is 324 g/mol. The zero-order valence-electron chi connectivity index (χ0n) is 14.7. The Morgan fingerprint density at radius 2 is 1.38 bits per heavy atom. The number of carbonyl (C=O) groups excluding carboxylic acids is 2. The fraction of sp³-hybridized carbons (Fsp3) is 0.0909. The van der Waals surface area contributed by atoms with Crippen LogP contribution >= 0.6 is 0 Å². The van der Waals surface area contributed by atoms with Gasteiger partial charge in [-0.2, -0.15) is 0 Å². The van der Waals surface area contributed by atoms with Gasteiger partial charge in [0.1, 0.15) is 0 Å². The van der Waals surface area contributed by atoms with Gasteiger partial charge < -0.3 is 10.6 Å². The standard InChI is InChI=1S/C22H20N2O2/c1-15-8-6-7-11-19(15)22(26)23-18-12-13-20(16(2)14-18)24-21(25)17-9-4-3-5-10-17/h3-14H,1-2H3,(H,23,26)(H,24,25). The van der Waals surface area contributed by atoms with Gasteiger partial charge in [0, 0.05) is 22.5 Å². The van der Waals surface area contributed by atoms with Crippen LogP contribution in [0.25, 0.3) is 0 Å². The summed E-state index contributed by atoms with van der Waals surface area (Å²) in [5.74, 6) is -0.311. The minimum atomic E-state index is -0.162. The van der Waals surface area contributed by atoms with E-state index in [2.05, 4.69) is 10.6 Å². The summed E-state index contributed by atoms with van der Waals surface area (Å²) in [5, 5.41) is 5.80. The molecule has 0 atom stereocenters. The molecular formula is C22H20N2O2. The average molecular weight is 344 g/mol. The maximum absolute atomic E-state index is 12.4. The van der Waals surface area contributed by atoms with Crippen LogP contribution in [0.15, 0.2) is 72.8 Å². The smallest absolute Gasteiger partial charge is 0.255 e. The molecule has 0 saturated heterocycles. The van der Waals surface area contributed by atoms with Crippen molar-refractivity contribution in [2.45, 2.75) is 13.8 Å². The summed E-state index contributed by atoms with van der Waals surface area (Å²) < 4.78 is 0. The SMILES string of the molecule is Cc1cc(NC(=O)c2ccccc2C)ccc1NC(=O)c1ccccc1. The molecule has 2 amide bonds. The van der Waals surface area contributed by atoms with E-state index >= 15 is 0 Å². The zero-order valence-corrected chi connectivity index (χ0v) is 14.7. The summed E-state index contributed by atoms with van der Waals surface area (Å²) in [4.78, 5) is 24.7. The second kappa shape index (κ2) is 7.66. The second-order valence-electron chi connectivity index (χ2n) is 6.12. The predicted molar refractivity (Wildman–Crippen MR) is 105 cm³/mol. The lowest BCUT2D eigenvalue weighted by atomic mass is 10.1. The third-order valence-corrected chi connectivity index (χ3v) is 4.16. The number of anilines is 2. The Morgan fingerprint density at radius 3 is 2.08 bits per heavy atom. The van der Waals surface area contributed by atoms with Crippen molar-refractivity contribution in [3.8, 4) is 0 Å². The molecule has 0 saturated carbocycles. The molecule has 3 aromatic carbocycles. The van der Waals surface area contributed by atoms with Gasteiger partial charge >= 0.3 is 0 Å². The molecule has 0 aromatic heterocycles. The minimum absolute atomic E-state index is 0.149. The Labute approximate surface area is 152 Å². The van der Waals surface area contributed by atoms with E-state index in [0.717, 1.165) is 11.1 Å². The van der Waals surface area contributed by atoms with E-state index < -0.39 is 0 Å². The van der Waals surface area contributed by atoms with Crippen LogP contribution in [0, 0.1) is 13.8 Å². The van der Waals surface area contributed by atoms with Crippen molar-refractivity contribution < 1.29 is 9.59 Å². The lowest BCUT2D eigenvalue weighted by Gasteiger charge is -2.12. The molecule has 0 unspecified atom stereocenters. The molecule has 0 heterocycles. The van der Waals surface area contributed by atoms with Crippen LogP contribution < -0.4 is 10.6 Å². The number of aryl methyl sites for hydroxylation is 2. The van der Waals surface area contributed by atoms with Gasteiger partial charge in [-0.05, 0) is 61.4 Å². The van der Waals surface area contributed by atoms with E-state index in [-0.39, 0.29) is 11.8 Å². The highest BCUT2D eigenvalue weighted by atomic mass is 16.2. The predicted octanol–water partition coefficient (Wildman–Crippen LogP) is 4.81. The van der Waals surface area contributed by atoms with Crippen molar-refractivity contribution >= 4 is 23.2 Å². The topological polar surface area (TPSA) is 58.2 Å². The van der Waals surface area contributed by atoms with E-state index in [1.54, 1.807) is 30.3 Å². The van der Waals surface area contributed by atoms with Crippen LogP contribution in [0.3, 0.4) is 0 Å². The molecule has 0 radical (unpaired) electrons. The number of rotatable bonds is 4. The van der Waals surface area contributed by atoms with Crippen LogP contribution in [0.2, 0.25) is 0 Å². The molecule has 26 heavy (non-hydrogen) atoms. The largest absolute Gasteiger partial charge is 0.322 e. The van der Waals surface area contributed by atoms with E-state index in [4.69, 9.17) is 0 Å². The summed E-state index contributed by atoms with van der Waals surface area (Å²) in [6, 6.07) is 21.9.